The minimum atomic E-state index is 0.557. The second kappa shape index (κ2) is 5.70. The summed E-state index contributed by atoms with van der Waals surface area (Å²) < 4.78 is 8.56. The lowest BCUT2D eigenvalue weighted by atomic mass is 10.3. The molecule has 8 heteroatoms. The van der Waals surface area contributed by atoms with Gasteiger partial charge in [-0.1, -0.05) is 16.5 Å². The Balaban J connectivity index is 1.70. The number of aryl methyl sites for hydroxylation is 3. The molecule has 0 aliphatic heterocycles. The van der Waals surface area contributed by atoms with Gasteiger partial charge in [0.15, 0.2) is 0 Å². The van der Waals surface area contributed by atoms with E-state index in [1.807, 2.05) is 31.6 Å². The first-order chi connectivity index (χ1) is 10.2. The van der Waals surface area contributed by atoms with Crippen LogP contribution in [0.2, 0.25) is 0 Å². The Morgan fingerprint density at radius 2 is 2.00 bits per heavy atom. The number of hydrogen-bond donors (Lipinski definition) is 0. The quantitative estimate of drug-likeness (QED) is 0.687. The third-order valence-corrected chi connectivity index (χ3v) is 2.98. The van der Waals surface area contributed by atoms with Gasteiger partial charge in [-0.2, -0.15) is 0 Å². The van der Waals surface area contributed by atoms with Gasteiger partial charge in [-0.15, -0.1) is 10.2 Å². The normalized spacial score (nSPS) is 10.8. The molecule has 0 amide bonds. The Bertz CT molecular complexity index is 733. The number of ether oxygens (including phenoxy) is 1. The third kappa shape index (κ3) is 3.04. The fourth-order valence-corrected chi connectivity index (χ4v) is 1.94. The van der Waals surface area contributed by atoms with Gasteiger partial charge in [0.25, 0.3) is 0 Å². The molecular weight excluding hydrogens is 270 g/mol. The van der Waals surface area contributed by atoms with E-state index in [1.165, 1.54) is 0 Å². The van der Waals surface area contributed by atoms with Gasteiger partial charge >= 0.3 is 0 Å². The minimum Gasteiger partial charge on any atom is -0.481 e. The van der Waals surface area contributed by atoms with E-state index in [0.29, 0.717) is 18.1 Å². The summed E-state index contributed by atoms with van der Waals surface area (Å²) in [4.78, 5) is 4.33. The van der Waals surface area contributed by atoms with Crippen molar-refractivity contribution in [1.82, 2.24) is 35.0 Å². The molecule has 21 heavy (non-hydrogen) atoms. The summed E-state index contributed by atoms with van der Waals surface area (Å²) in [5.41, 5.74) is 2.38. The smallest absolute Gasteiger partial charge is 0.213 e. The van der Waals surface area contributed by atoms with Crippen molar-refractivity contribution >= 4 is 0 Å². The van der Waals surface area contributed by atoms with Crippen LogP contribution in [0, 0.1) is 0 Å². The summed E-state index contributed by atoms with van der Waals surface area (Å²) in [6, 6.07) is 5.54. The van der Waals surface area contributed by atoms with Crippen molar-refractivity contribution in [1.29, 1.82) is 0 Å². The molecule has 0 bridgehead atoms. The Kier molecular flexibility index (Phi) is 3.59. The van der Waals surface area contributed by atoms with E-state index in [9.17, 15) is 0 Å². The number of rotatable bonds is 5. The first-order valence-electron chi connectivity index (χ1n) is 6.51. The molecular formula is C13H15N7O. The molecule has 0 aliphatic rings. The highest BCUT2D eigenvalue weighted by atomic mass is 16.5. The molecule has 0 saturated carbocycles. The van der Waals surface area contributed by atoms with E-state index in [4.69, 9.17) is 4.74 Å². The van der Waals surface area contributed by atoms with Crippen LogP contribution in [-0.4, -0.2) is 42.1 Å². The van der Waals surface area contributed by atoms with Gasteiger partial charge in [0.1, 0.15) is 5.69 Å². The maximum atomic E-state index is 5.11. The number of hydrogen-bond acceptors (Lipinski definition) is 6. The van der Waals surface area contributed by atoms with Crippen molar-refractivity contribution in [2.45, 2.75) is 13.0 Å². The fourth-order valence-electron chi connectivity index (χ4n) is 1.94. The molecule has 3 rings (SSSR count). The third-order valence-electron chi connectivity index (χ3n) is 2.98. The maximum absolute atomic E-state index is 5.11. The van der Waals surface area contributed by atoms with Gasteiger partial charge < -0.3 is 4.74 Å². The molecule has 8 nitrogen and oxygen atoms in total. The Hall–Kier alpha value is -2.77. The summed E-state index contributed by atoms with van der Waals surface area (Å²) in [5, 5.41) is 16.2. The van der Waals surface area contributed by atoms with Crippen molar-refractivity contribution < 1.29 is 4.74 Å². The van der Waals surface area contributed by atoms with Crippen molar-refractivity contribution in [3.63, 3.8) is 0 Å². The van der Waals surface area contributed by atoms with Gasteiger partial charge in [-0.05, 0) is 6.07 Å². The number of nitrogens with zero attached hydrogens (tertiary/aromatic N) is 7. The van der Waals surface area contributed by atoms with Crippen LogP contribution in [-0.2, 0) is 20.0 Å². The van der Waals surface area contributed by atoms with Crippen LogP contribution in [0.1, 0.15) is 5.69 Å². The molecule has 3 heterocycles. The van der Waals surface area contributed by atoms with E-state index < -0.39 is 0 Å². The number of methoxy groups -OCH3 is 1. The number of pyridine rings is 1. The molecule has 0 saturated heterocycles. The largest absolute Gasteiger partial charge is 0.481 e. The minimum absolute atomic E-state index is 0.557. The zero-order chi connectivity index (χ0) is 14.7. The molecule has 0 aliphatic carbocycles. The molecule has 0 fully saturated rings. The van der Waals surface area contributed by atoms with Crippen LogP contribution in [0.5, 0.6) is 5.88 Å². The van der Waals surface area contributed by atoms with Crippen LogP contribution in [0.4, 0.5) is 0 Å². The zero-order valence-electron chi connectivity index (χ0n) is 11.8. The van der Waals surface area contributed by atoms with Crippen LogP contribution in [0.3, 0.4) is 0 Å². The first-order valence-corrected chi connectivity index (χ1v) is 6.51. The molecule has 0 spiro atoms. The molecule has 3 aromatic rings. The van der Waals surface area contributed by atoms with Crippen LogP contribution < -0.4 is 4.74 Å². The second-order valence-corrected chi connectivity index (χ2v) is 4.57. The van der Waals surface area contributed by atoms with Crippen molar-refractivity contribution in [3.05, 3.63) is 36.3 Å². The monoisotopic (exact) mass is 285 g/mol. The lowest BCUT2D eigenvalue weighted by molar-refractivity contribution is 0.398. The van der Waals surface area contributed by atoms with Gasteiger partial charge in [-0.3, -0.25) is 9.36 Å². The SMILES string of the molecule is COc1cccc(-c2cn(CCc3cn(C)nn3)nn2)n1. The standard InChI is InChI=1S/C13H15N7O/c1-19-8-10(15-17-19)6-7-20-9-12(16-18-20)11-4-3-5-13(14-11)21-2/h3-5,8-9H,6-7H2,1-2H3. The average Bonchev–Trinajstić information content (AvgIpc) is 3.14. The highest BCUT2D eigenvalue weighted by molar-refractivity contribution is 5.52. The topological polar surface area (TPSA) is 83.5 Å². The molecule has 0 N–H and O–H groups in total. The highest BCUT2D eigenvalue weighted by Gasteiger charge is 2.07. The fraction of sp³-hybridized carbons (Fsp3) is 0.308. The van der Waals surface area contributed by atoms with Crippen molar-refractivity contribution in [2.75, 3.05) is 7.11 Å². The number of aromatic nitrogens is 7. The van der Waals surface area contributed by atoms with E-state index in [1.54, 1.807) is 22.5 Å². The van der Waals surface area contributed by atoms with E-state index >= 15 is 0 Å². The van der Waals surface area contributed by atoms with Gasteiger partial charge in [0.05, 0.1) is 24.7 Å². The van der Waals surface area contributed by atoms with E-state index in [-0.39, 0.29) is 0 Å². The zero-order valence-corrected chi connectivity index (χ0v) is 11.8. The van der Waals surface area contributed by atoms with Gasteiger partial charge in [-0.25, -0.2) is 4.98 Å². The van der Waals surface area contributed by atoms with E-state index in [2.05, 4.69) is 25.6 Å². The summed E-state index contributed by atoms with van der Waals surface area (Å²) in [6.07, 6.45) is 4.50. The highest BCUT2D eigenvalue weighted by Crippen LogP contribution is 2.16. The van der Waals surface area contributed by atoms with Crippen LogP contribution in [0.15, 0.2) is 30.6 Å². The lowest BCUT2D eigenvalue weighted by Gasteiger charge is -1.99. The first kappa shape index (κ1) is 13.2. The summed E-state index contributed by atoms with van der Waals surface area (Å²) in [6.45, 7) is 0.690. The summed E-state index contributed by atoms with van der Waals surface area (Å²) >= 11 is 0. The molecule has 108 valence electrons. The van der Waals surface area contributed by atoms with Crippen LogP contribution >= 0.6 is 0 Å². The van der Waals surface area contributed by atoms with Gasteiger partial charge in [0.2, 0.25) is 5.88 Å². The molecule has 0 aromatic carbocycles. The average molecular weight is 285 g/mol. The van der Waals surface area contributed by atoms with Crippen molar-refractivity contribution in [3.8, 4) is 17.3 Å². The molecule has 0 unspecified atom stereocenters. The van der Waals surface area contributed by atoms with Crippen molar-refractivity contribution in [2.24, 2.45) is 7.05 Å². The predicted molar refractivity (Wildman–Crippen MR) is 74.5 cm³/mol. The Morgan fingerprint density at radius 1 is 1.10 bits per heavy atom. The second-order valence-electron chi connectivity index (χ2n) is 4.57. The van der Waals surface area contributed by atoms with Crippen LogP contribution in [0.25, 0.3) is 11.4 Å². The Morgan fingerprint density at radius 3 is 2.76 bits per heavy atom. The van der Waals surface area contributed by atoms with E-state index in [0.717, 1.165) is 17.8 Å². The lowest BCUT2D eigenvalue weighted by Crippen LogP contribution is -2.02. The van der Waals surface area contributed by atoms with Gasteiger partial charge in [0, 0.05) is 32.3 Å². The maximum Gasteiger partial charge on any atom is 0.213 e. The predicted octanol–water partition coefficient (Wildman–Crippen LogP) is 0.720. The summed E-state index contributed by atoms with van der Waals surface area (Å²) in [7, 11) is 3.43. The molecule has 0 radical (unpaired) electrons. The summed E-state index contributed by atoms with van der Waals surface area (Å²) in [5.74, 6) is 0.557. The molecule has 3 aromatic heterocycles. The molecule has 0 atom stereocenters. The Labute approximate surface area is 121 Å².